The second-order valence-corrected chi connectivity index (χ2v) is 6.70. The molecule has 0 bridgehead atoms. The number of carbonyl (C=O) groups excluding carboxylic acids is 2. The molecule has 1 aliphatic rings. The minimum Gasteiger partial charge on any atom is -0.276 e. The highest BCUT2D eigenvalue weighted by atomic mass is 31.2. The molecule has 2 amide bonds. The van der Waals surface area contributed by atoms with Gasteiger partial charge in [-0.1, -0.05) is 18.2 Å². The monoisotopic (exact) mass is 252 g/mol. The topological polar surface area (TPSA) is 57.7 Å². The Morgan fingerprint density at radius 3 is 1.94 bits per heavy atom. The normalized spacial score (nSPS) is 19.6. The molecular formula is C11H13N2O3P. The maximum Gasteiger partial charge on any atom is 0.296 e. The summed E-state index contributed by atoms with van der Waals surface area (Å²) in [6, 6.07) is 8.60. The first-order chi connectivity index (χ1) is 7.98. The maximum atomic E-state index is 12.9. The lowest BCUT2D eigenvalue weighted by Gasteiger charge is -2.39. The van der Waals surface area contributed by atoms with E-state index in [1.807, 2.05) is 0 Å². The number of hydrogen-bond donors (Lipinski definition) is 0. The quantitative estimate of drug-likeness (QED) is 0.549. The van der Waals surface area contributed by atoms with Crippen LogP contribution in [0.3, 0.4) is 0 Å². The van der Waals surface area contributed by atoms with E-state index in [0.717, 1.165) is 0 Å². The van der Waals surface area contributed by atoms with Gasteiger partial charge in [-0.3, -0.25) is 23.5 Å². The van der Waals surface area contributed by atoms with E-state index in [9.17, 15) is 14.2 Å². The first-order valence-corrected chi connectivity index (χ1v) is 6.79. The van der Waals surface area contributed by atoms with E-state index in [2.05, 4.69) is 0 Å². The van der Waals surface area contributed by atoms with E-state index in [-0.39, 0.29) is 6.42 Å². The van der Waals surface area contributed by atoms with Crippen LogP contribution in [0.2, 0.25) is 0 Å². The minimum atomic E-state index is -3.29. The molecule has 2 rings (SSSR count). The van der Waals surface area contributed by atoms with Gasteiger partial charge in [0, 0.05) is 14.1 Å². The van der Waals surface area contributed by atoms with Crippen molar-refractivity contribution in [2.75, 3.05) is 14.1 Å². The first-order valence-electron chi connectivity index (χ1n) is 5.17. The third kappa shape index (κ3) is 1.67. The fraction of sp³-hybridized carbons (Fsp3) is 0.273. The second kappa shape index (κ2) is 4.00. The van der Waals surface area contributed by atoms with E-state index in [1.54, 1.807) is 30.3 Å². The third-order valence-electron chi connectivity index (χ3n) is 2.93. The molecule has 90 valence electrons. The molecular weight excluding hydrogens is 239 g/mol. The van der Waals surface area contributed by atoms with Crippen molar-refractivity contribution in [1.82, 2.24) is 9.34 Å². The predicted octanol–water partition coefficient (Wildman–Crippen LogP) is 0.825. The molecule has 0 N–H and O–H groups in total. The number of rotatable bonds is 1. The van der Waals surface area contributed by atoms with Gasteiger partial charge in [0.2, 0.25) is 11.8 Å². The summed E-state index contributed by atoms with van der Waals surface area (Å²) in [4.78, 5) is 23.3. The Morgan fingerprint density at radius 1 is 1.00 bits per heavy atom. The van der Waals surface area contributed by atoms with Crippen LogP contribution >= 0.6 is 7.44 Å². The molecule has 0 unspecified atom stereocenters. The van der Waals surface area contributed by atoms with E-state index in [0.29, 0.717) is 5.30 Å². The van der Waals surface area contributed by atoms with Gasteiger partial charge in [0.05, 0.1) is 5.30 Å². The van der Waals surface area contributed by atoms with E-state index >= 15 is 0 Å². The SMILES string of the molecule is CN1C(=O)CC(=O)N(C)P1(=O)c1ccccc1. The third-order valence-corrected chi connectivity index (χ3v) is 5.97. The summed E-state index contributed by atoms with van der Waals surface area (Å²) in [5, 5.41) is 0.492. The number of carbonyl (C=O) groups is 2. The molecule has 0 aromatic heterocycles. The summed E-state index contributed by atoms with van der Waals surface area (Å²) in [6.07, 6.45) is -0.218. The summed E-state index contributed by atoms with van der Waals surface area (Å²) in [5.41, 5.74) is 0. The molecule has 0 radical (unpaired) electrons. The van der Waals surface area contributed by atoms with Crippen LogP contribution in [0, 0.1) is 0 Å². The molecule has 1 aromatic rings. The number of amides is 2. The van der Waals surface area contributed by atoms with E-state index < -0.39 is 19.3 Å². The van der Waals surface area contributed by atoms with Crippen molar-refractivity contribution in [2.24, 2.45) is 0 Å². The van der Waals surface area contributed by atoms with Crippen LogP contribution in [-0.2, 0) is 14.2 Å². The molecule has 0 atom stereocenters. The van der Waals surface area contributed by atoms with Crippen molar-refractivity contribution in [2.45, 2.75) is 6.42 Å². The highest BCUT2D eigenvalue weighted by Crippen LogP contribution is 2.53. The van der Waals surface area contributed by atoms with Crippen LogP contribution in [0.4, 0.5) is 0 Å². The fourth-order valence-corrected chi connectivity index (χ4v) is 4.23. The van der Waals surface area contributed by atoms with Gasteiger partial charge in [-0.2, -0.15) is 0 Å². The van der Waals surface area contributed by atoms with Crippen LogP contribution in [0.25, 0.3) is 0 Å². The summed E-state index contributed by atoms with van der Waals surface area (Å²) in [6.45, 7) is 0. The van der Waals surface area contributed by atoms with Gasteiger partial charge in [0.15, 0.2) is 0 Å². The Kier molecular flexibility index (Phi) is 2.79. The number of benzene rings is 1. The van der Waals surface area contributed by atoms with Crippen LogP contribution in [-0.4, -0.2) is 35.3 Å². The molecule has 1 saturated heterocycles. The van der Waals surface area contributed by atoms with Crippen LogP contribution < -0.4 is 5.30 Å². The van der Waals surface area contributed by atoms with Gasteiger partial charge in [0.1, 0.15) is 6.42 Å². The summed E-state index contributed by atoms with van der Waals surface area (Å²) in [5.74, 6) is -0.805. The summed E-state index contributed by atoms with van der Waals surface area (Å²) >= 11 is 0. The Hall–Kier alpha value is -1.61. The molecule has 0 spiro atoms. The zero-order valence-corrected chi connectivity index (χ0v) is 10.6. The Labute approximate surface area is 99.5 Å². The average Bonchev–Trinajstić information content (AvgIpc) is 2.35. The van der Waals surface area contributed by atoms with Crippen molar-refractivity contribution in [3.8, 4) is 0 Å². The van der Waals surface area contributed by atoms with Crippen LogP contribution in [0.5, 0.6) is 0 Å². The van der Waals surface area contributed by atoms with Gasteiger partial charge in [0.25, 0.3) is 7.44 Å². The zero-order chi connectivity index (χ0) is 12.6. The lowest BCUT2D eigenvalue weighted by molar-refractivity contribution is -0.137. The van der Waals surface area contributed by atoms with E-state index in [1.165, 1.54) is 23.4 Å². The lowest BCUT2D eigenvalue weighted by Crippen LogP contribution is -2.45. The largest absolute Gasteiger partial charge is 0.296 e. The predicted molar refractivity (Wildman–Crippen MR) is 63.8 cm³/mol. The van der Waals surface area contributed by atoms with Gasteiger partial charge >= 0.3 is 0 Å². The minimum absolute atomic E-state index is 0.218. The first kappa shape index (κ1) is 11.9. The Balaban J connectivity index is 2.57. The number of hydrogen-bond acceptors (Lipinski definition) is 3. The lowest BCUT2D eigenvalue weighted by atomic mass is 10.4. The van der Waals surface area contributed by atoms with Crippen molar-refractivity contribution >= 4 is 24.6 Å². The van der Waals surface area contributed by atoms with Gasteiger partial charge in [-0.05, 0) is 12.1 Å². The highest BCUT2D eigenvalue weighted by molar-refractivity contribution is 7.68. The van der Waals surface area contributed by atoms with Gasteiger partial charge in [-0.15, -0.1) is 0 Å². The van der Waals surface area contributed by atoms with Crippen LogP contribution in [0.15, 0.2) is 30.3 Å². The molecule has 1 heterocycles. The van der Waals surface area contributed by atoms with Gasteiger partial charge in [-0.25, -0.2) is 0 Å². The molecule has 6 heteroatoms. The second-order valence-electron chi connectivity index (χ2n) is 3.89. The Bertz CT molecular complexity index is 491. The number of nitrogens with zero attached hydrogens (tertiary/aromatic N) is 2. The van der Waals surface area contributed by atoms with Crippen molar-refractivity contribution in [3.05, 3.63) is 30.3 Å². The summed E-state index contributed by atoms with van der Waals surface area (Å²) < 4.78 is 15.3. The molecule has 17 heavy (non-hydrogen) atoms. The molecule has 0 saturated carbocycles. The van der Waals surface area contributed by atoms with Crippen molar-refractivity contribution in [3.63, 3.8) is 0 Å². The van der Waals surface area contributed by atoms with Crippen LogP contribution in [0.1, 0.15) is 6.42 Å². The Morgan fingerprint density at radius 2 is 1.47 bits per heavy atom. The molecule has 0 aliphatic carbocycles. The fourth-order valence-electron chi connectivity index (χ4n) is 1.83. The van der Waals surface area contributed by atoms with Gasteiger partial charge < -0.3 is 0 Å². The van der Waals surface area contributed by atoms with E-state index in [4.69, 9.17) is 0 Å². The van der Waals surface area contributed by atoms with Crippen molar-refractivity contribution < 1.29 is 14.2 Å². The average molecular weight is 252 g/mol. The standard InChI is InChI=1S/C11H13N2O3P/c1-12-10(14)8-11(15)13(2)17(12,16)9-6-4-3-5-7-9/h3-7H,8H2,1-2H3. The maximum absolute atomic E-state index is 12.9. The van der Waals surface area contributed by atoms with Crippen molar-refractivity contribution in [1.29, 1.82) is 0 Å². The molecule has 1 aromatic carbocycles. The smallest absolute Gasteiger partial charge is 0.276 e. The summed E-state index contributed by atoms with van der Waals surface area (Å²) in [7, 11) is -0.350. The molecule has 1 aliphatic heterocycles. The molecule has 5 nitrogen and oxygen atoms in total. The zero-order valence-electron chi connectivity index (χ0n) is 9.66. The molecule has 1 fully saturated rings. The highest BCUT2D eigenvalue weighted by Gasteiger charge is 2.45.